The van der Waals surface area contributed by atoms with Gasteiger partial charge in [-0.25, -0.2) is 0 Å². The summed E-state index contributed by atoms with van der Waals surface area (Å²) in [7, 11) is 0. The van der Waals surface area contributed by atoms with Crippen LogP contribution in [0, 0.1) is 0 Å². The predicted molar refractivity (Wildman–Crippen MR) is 123 cm³/mol. The molecular weight excluding hydrogens is 436 g/mol. The van der Waals surface area contributed by atoms with Gasteiger partial charge < -0.3 is 20.3 Å². The highest BCUT2D eigenvalue weighted by Gasteiger charge is 2.39. The minimum absolute atomic E-state index is 0.205. The highest BCUT2D eigenvalue weighted by molar-refractivity contribution is 6.05. The Labute approximate surface area is 196 Å². The van der Waals surface area contributed by atoms with E-state index in [1.807, 2.05) is 24.3 Å². The van der Waals surface area contributed by atoms with E-state index in [0.717, 1.165) is 35.5 Å². The van der Waals surface area contributed by atoms with E-state index in [4.69, 9.17) is 10.5 Å². The molecule has 3 N–H and O–H groups in total. The lowest BCUT2D eigenvalue weighted by atomic mass is 9.96. The van der Waals surface area contributed by atoms with Crippen molar-refractivity contribution in [1.29, 1.82) is 0 Å². The van der Waals surface area contributed by atoms with Crippen molar-refractivity contribution in [2.75, 3.05) is 31.2 Å². The van der Waals surface area contributed by atoms with E-state index in [0.29, 0.717) is 43.7 Å². The molecule has 0 aliphatic carbocycles. The Morgan fingerprint density at radius 1 is 1.09 bits per heavy atom. The molecule has 0 bridgehead atoms. The maximum atomic E-state index is 12.9. The highest BCUT2D eigenvalue weighted by atomic mass is 16.5. The molecule has 3 aliphatic heterocycles. The largest absolute Gasteiger partial charge is 0.378 e. The number of hydrogen-bond donors (Lipinski definition) is 2. The van der Waals surface area contributed by atoms with Gasteiger partial charge in [0.2, 0.25) is 17.7 Å². The lowest BCUT2D eigenvalue weighted by Gasteiger charge is -2.29. The van der Waals surface area contributed by atoms with Crippen LogP contribution in [0.5, 0.6) is 0 Å². The molecule has 0 saturated carbocycles. The molecule has 5 rings (SSSR count). The molecule has 9 nitrogen and oxygen atoms in total. The van der Waals surface area contributed by atoms with E-state index >= 15 is 0 Å². The van der Waals surface area contributed by atoms with Crippen LogP contribution in [0.2, 0.25) is 0 Å². The topological polar surface area (TPSA) is 122 Å². The molecule has 3 heterocycles. The number of fused-ring (bicyclic) bond motifs is 1. The average Bonchev–Trinajstić information content (AvgIpc) is 3.15. The number of nitrogens with zero attached hydrogens (tertiary/aromatic N) is 2. The summed E-state index contributed by atoms with van der Waals surface area (Å²) < 4.78 is 5.44. The molecule has 2 aromatic carbocycles. The number of piperidine rings is 1. The fraction of sp³-hybridized carbons (Fsp3) is 0.360. The SMILES string of the molecule is NC(=O)c1ccc(N2CCOCC2)cc1Cc1ccc2c(c1)CN(C1CCC(=O)NC1=O)C2=O. The highest BCUT2D eigenvalue weighted by Crippen LogP contribution is 2.30. The van der Waals surface area contributed by atoms with E-state index in [2.05, 4.69) is 10.2 Å². The zero-order chi connectivity index (χ0) is 23.8. The van der Waals surface area contributed by atoms with Gasteiger partial charge in [0.15, 0.2) is 0 Å². The fourth-order valence-electron chi connectivity index (χ4n) is 4.94. The van der Waals surface area contributed by atoms with E-state index < -0.39 is 17.9 Å². The first kappa shape index (κ1) is 22.1. The van der Waals surface area contributed by atoms with Gasteiger partial charge >= 0.3 is 0 Å². The van der Waals surface area contributed by atoms with E-state index in [9.17, 15) is 19.2 Å². The minimum Gasteiger partial charge on any atom is -0.378 e. The van der Waals surface area contributed by atoms with Crippen LogP contribution in [0.1, 0.15) is 50.2 Å². The monoisotopic (exact) mass is 462 g/mol. The third-order valence-electron chi connectivity index (χ3n) is 6.71. The molecule has 2 saturated heterocycles. The number of anilines is 1. The Hall–Kier alpha value is -3.72. The lowest BCUT2D eigenvalue weighted by molar-refractivity contribution is -0.136. The number of carbonyl (C=O) groups excluding carboxylic acids is 4. The molecule has 2 fully saturated rings. The second kappa shape index (κ2) is 8.90. The number of hydrogen-bond acceptors (Lipinski definition) is 6. The van der Waals surface area contributed by atoms with Gasteiger partial charge in [0.05, 0.1) is 13.2 Å². The number of imide groups is 1. The molecule has 3 aliphatic rings. The quantitative estimate of drug-likeness (QED) is 0.639. The molecule has 1 unspecified atom stereocenters. The Bertz CT molecular complexity index is 1190. The zero-order valence-corrected chi connectivity index (χ0v) is 18.7. The predicted octanol–water partition coefficient (Wildman–Crippen LogP) is 0.974. The third kappa shape index (κ3) is 4.14. The number of nitrogens with one attached hydrogen (secondary N) is 1. The van der Waals surface area contributed by atoms with Crippen molar-refractivity contribution in [2.45, 2.75) is 31.8 Å². The molecule has 176 valence electrons. The summed E-state index contributed by atoms with van der Waals surface area (Å²) in [6, 6.07) is 10.6. The second-order valence-electron chi connectivity index (χ2n) is 8.87. The van der Waals surface area contributed by atoms with Crippen LogP contribution in [0.3, 0.4) is 0 Å². The van der Waals surface area contributed by atoms with Gasteiger partial charge in [0.25, 0.3) is 5.91 Å². The number of morpholine rings is 1. The standard InChI is InChI=1S/C25H26N4O5/c26-23(31)19-4-2-18(28-7-9-34-10-8-28)13-16(19)11-15-1-3-20-17(12-15)14-29(25(20)33)21-5-6-22(30)27-24(21)32/h1-4,12-13,21H,5-11,14H2,(H2,26,31)(H,27,30,32). The maximum absolute atomic E-state index is 12.9. The van der Waals surface area contributed by atoms with Crippen molar-refractivity contribution in [3.05, 3.63) is 64.2 Å². The molecule has 9 heteroatoms. The number of carbonyl (C=O) groups is 4. The number of rotatable bonds is 5. The number of benzene rings is 2. The number of ether oxygens (including phenoxy) is 1. The number of nitrogens with two attached hydrogens (primary N) is 1. The van der Waals surface area contributed by atoms with Crippen molar-refractivity contribution in [2.24, 2.45) is 5.73 Å². The molecule has 34 heavy (non-hydrogen) atoms. The molecule has 0 spiro atoms. The first-order valence-electron chi connectivity index (χ1n) is 11.4. The van der Waals surface area contributed by atoms with Crippen LogP contribution in [0.4, 0.5) is 5.69 Å². The van der Waals surface area contributed by atoms with E-state index in [1.54, 1.807) is 12.1 Å². The summed E-state index contributed by atoms with van der Waals surface area (Å²) in [4.78, 5) is 52.5. The van der Waals surface area contributed by atoms with Crippen molar-refractivity contribution in [1.82, 2.24) is 10.2 Å². The first-order chi connectivity index (χ1) is 16.4. The van der Waals surface area contributed by atoms with Crippen LogP contribution in [0.15, 0.2) is 36.4 Å². The molecule has 1 atom stereocenters. The minimum atomic E-state index is -0.646. The second-order valence-corrected chi connectivity index (χ2v) is 8.87. The number of primary amides is 1. The van der Waals surface area contributed by atoms with Crippen molar-refractivity contribution < 1.29 is 23.9 Å². The summed E-state index contributed by atoms with van der Waals surface area (Å²) in [6.45, 7) is 3.20. The van der Waals surface area contributed by atoms with Gasteiger partial charge in [-0.1, -0.05) is 12.1 Å². The zero-order valence-electron chi connectivity index (χ0n) is 18.7. The van der Waals surface area contributed by atoms with Crippen molar-refractivity contribution >= 4 is 29.3 Å². The van der Waals surface area contributed by atoms with Crippen molar-refractivity contribution in [3.8, 4) is 0 Å². The van der Waals surface area contributed by atoms with Crippen molar-refractivity contribution in [3.63, 3.8) is 0 Å². The van der Waals surface area contributed by atoms with Crippen LogP contribution in [0.25, 0.3) is 0 Å². The summed E-state index contributed by atoms with van der Waals surface area (Å²) in [5, 5.41) is 2.32. The van der Waals surface area contributed by atoms with Crippen LogP contribution < -0.4 is 16.0 Å². The van der Waals surface area contributed by atoms with Gasteiger partial charge in [-0.05, 0) is 53.8 Å². The summed E-state index contributed by atoms with van der Waals surface area (Å²) in [6.07, 6.45) is 1.03. The van der Waals surface area contributed by atoms with E-state index in [1.165, 1.54) is 4.90 Å². The smallest absolute Gasteiger partial charge is 0.255 e. The average molecular weight is 463 g/mol. The Morgan fingerprint density at radius 3 is 2.62 bits per heavy atom. The van der Waals surface area contributed by atoms with Gasteiger partial charge in [0.1, 0.15) is 6.04 Å². The fourth-order valence-corrected chi connectivity index (χ4v) is 4.94. The third-order valence-corrected chi connectivity index (χ3v) is 6.71. The Kier molecular flexibility index (Phi) is 5.79. The first-order valence-corrected chi connectivity index (χ1v) is 11.4. The van der Waals surface area contributed by atoms with Crippen LogP contribution >= 0.6 is 0 Å². The normalized spacial score (nSPS) is 20.4. The molecule has 2 aromatic rings. The summed E-state index contributed by atoms with van der Waals surface area (Å²) in [5.74, 6) is -1.42. The lowest BCUT2D eigenvalue weighted by Crippen LogP contribution is -2.52. The van der Waals surface area contributed by atoms with Crippen LogP contribution in [-0.4, -0.2) is 60.9 Å². The Morgan fingerprint density at radius 2 is 1.88 bits per heavy atom. The molecule has 4 amide bonds. The van der Waals surface area contributed by atoms with E-state index in [-0.39, 0.29) is 18.2 Å². The Balaban J connectivity index is 1.39. The molecule has 0 radical (unpaired) electrons. The van der Waals surface area contributed by atoms with Crippen LogP contribution in [-0.2, 0) is 27.3 Å². The summed E-state index contributed by atoms with van der Waals surface area (Å²) >= 11 is 0. The molecule has 0 aromatic heterocycles. The maximum Gasteiger partial charge on any atom is 0.255 e. The number of amides is 4. The molecular formula is C25H26N4O5. The van der Waals surface area contributed by atoms with Gasteiger partial charge in [0, 0.05) is 42.9 Å². The van der Waals surface area contributed by atoms with Gasteiger partial charge in [-0.15, -0.1) is 0 Å². The van der Waals surface area contributed by atoms with Gasteiger partial charge in [-0.2, -0.15) is 0 Å². The summed E-state index contributed by atoms with van der Waals surface area (Å²) in [5.41, 5.74) is 10.3. The van der Waals surface area contributed by atoms with Gasteiger partial charge in [-0.3, -0.25) is 24.5 Å².